The van der Waals surface area contributed by atoms with Crippen LogP contribution in [0.25, 0.3) is 0 Å². The van der Waals surface area contributed by atoms with Crippen LogP contribution in [-0.2, 0) is 10.0 Å². The molecule has 0 radical (unpaired) electrons. The van der Waals surface area contributed by atoms with E-state index < -0.39 is 15.3 Å². The van der Waals surface area contributed by atoms with Gasteiger partial charge in [0.15, 0.2) is 0 Å². The van der Waals surface area contributed by atoms with E-state index in [-0.39, 0.29) is 12.6 Å². The molecule has 0 amide bonds. The molecule has 94 valence electrons. The van der Waals surface area contributed by atoms with Crippen LogP contribution in [0.5, 0.6) is 0 Å². The predicted octanol–water partition coefficient (Wildman–Crippen LogP) is -0.477. The number of rotatable bonds is 5. The molecule has 2 N–H and O–H groups in total. The van der Waals surface area contributed by atoms with Crippen molar-refractivity contribution in [2.75, 3.05) is 19.7 Å². The average molecular weight is 248 g/mol. The van der Waals surface area contributed by atoms with E-state index in [2.05, 4.69) is 9.62 Å². The van der Waals surface area contributed by atoms with Crippen LogP contribution in [0.4, 0.5) is 0 Å². The first-order valence-corrected chi connectivity index (χ1v) is 7.43. The van der Waals surface area contributed by atoms with Gasteiger partial charge < -0.3 is 5.11 Å². The molecule has 0 aromatic rings. The Labute approximate surface area is 96.9 Å². The molecule has 0 bridgehead atoms. The van der Waals surface area contributed by atoms with Gasteiger partial charge in [-0.15, -0.1) is 0 Å². The second-order valence-corrected chi connectivity index (χ2v) is 7.00. The number of hydrogen-bond acceptors (Lipinski definition) is 4. The Hall–Kier alpha value is -0.170. The van der Waals surface area contributed by atoms with Crippen molar-refractivity contribution in [1.82, 2.24) is 9.62 Å². The lowest BCUT2D eigenvalue weighted by atomic mass is 10.3. The number of likely N-dealkylation sites (tertiary alicyclic amines) is 1. The third kappa shape index (κ3) is 2.74. The molecule has 0 aromatic carbocycles. The van der Waals surface area contributed by atoms with Gasteiger partial charge in [-0.1, -0.05) is 0 Å². The Balaban J connectivity index is 1.86. The van der Waals surface area contributed by atoms with E-state index in [0.29, 0.717) is 6.04 Å². The Kier molecular flexibility index (Phi) is 3.53. The summed E-state index contributed by atoms with van der Waals surface area (Å²) >= 11 is 0. The third-order valence-corrected chi connectivity index (χ3v) is 5.27. The van der Waals surface area contributed by atoms with E-state index in [0.717, 1.165) is 19.5 Å². The van der Waals surface area contributed by atoms with Crippen molar-refractivity contribution in [3.63, 3.8) is 0 Å². The lowest BCUT2D eigenvalue weighted by Crippen LogP contribution is -2.42. The molecule has 2 rings (SSSR count). The van der Waals surface area contributed by atoms with E-state index in [1.807, 2.05) is 0 Å². The van der Waals surface area contributed by atoms with Crippen molar-refractivity contribution < 1.29 is 13.5 Å². The molecule has 6 heteroatoms. The molecule has 0 spiro atoms. The van der Waals surface area contributed by atoms with Crippen molar-refractivity contribution in [1.29, 1.82) is 0 Å². The summed E-state index contributed by atoms with van der Waals surface area (Å²) < 4.78 is 26.1. The standard InChI is InChI=1S/C10H20N2O3S/c1-8(7-13)16(14,15)11-9-4-5-12(6-9)10-2-3-10/h8-11,13H,2-7H2,1H3. The number of nitrogens with one attached hydrogen (secondary N) is 1. The maximum atomic E-state index is 11.7. The summed E-state index contributed by atoms with van der Waals surface area (Å²) in [7, 11) is -3.35. The van der Waals surface area contributed by atoms with Crippen molar-refractivity contribution in [2.24, 2.45) is 0 Å². The van der Waals surface area contributed by atoms with Crippen molar-refractivity contribution in [3.05, 3.63) is 0 Å². The normalized spacial score (nSPS) is 29.5. The van der Waals surface area contributed by atoms with Crippen LogP contribution >= 0.6 is 0 Å². The highest BCUT2D eigenvalue weighted by Gasteiger charge is 2.36. The minimum Gasteiger partial charge on any atom is -0.395 e. The molecule has 2 unspecified atom stereocenters. The van der Waals surface area contributed by atoms with Crippen LogP contribution in [0.2, 0.25) is 0 Å². The summed E-state index contributed by atoms with van der Waals surface area (Å²) in [4.78, 5) is 2.36. The zero-order valence-electron chi connectivity index (χ0n) is 9.59. The quantitative estimate of drug-likeness (QED) is 0.690. The van der Waals surface area contributed by atoms with Crippen LogP contribution in [0.3, 0.4) is 0 Å². The summed E-state index contributed by atoms with van der Waals surface area (Å²) in [6.07, 6.45) is 3.40. The number of hydrogen-bond donors (Lipinski definition) is 2. The number of aliphatic hydroxyl groups is 1. The van der Waals surface area contributed by atoms with E-state index in [1.165, 1.54) is 19.8 Å². The van der Waals surface area contributed by atoms with Gasteiger partial charge in [-0.2, -0.15) is 0 Å². The lowest BCUT2D eigenvalue weighted by Gasteiger charge is -2.17. The first kappa shape index (κ1) is 12.3. The Morgan fingerprint density at radius 2 is 2.12 bits per heavy atom. The Morgan fingerprint density at radius 3 is 2.69 bits per heavy atom. The van der Waals surface area contributed by atoms with Gasteiger partial charge in [0, 0.05) is 25.2 Å². The molecule has 5 nitrogen and oxygen atoms in total. The molecule has 2 fully saturated rings. The molecule has 1 aliphatic heterocycles. The first-order valence-electron chi connectivity index (χ1n) is 5.89. The fourth-order valence-corrected chi connectivity index (χ4v) is 3.19. The highest BCUT2D eigenvalue weighted by molar-refractivity contribution is 7.90. The number of sulfonamides is 1. The smallest absolute Gasteiger partial charge is 0.216 e. The summed E-state index contributed by atoms with van der Waals surface area (Å²) in [5, 5.41) is 8.15. The lowest BCUT2D eigenvalue weighted by molar-refractivity contribution is 0.294. The van der Waals surface area contributed by atoms with Gasteiger partial charge >= 0.3 is 0 Å². The molecule has 16 heavy (non-hydrogen) atoms. The van der Waals surface area contributed by atoms with Gasteiger partial charge in [0.05, 0.1) is 11.9 Å². The average Bonchev–Trinajstić information content (AvgIpc) is 2.99. The highest BCUT2D eigenvalue weighted by atomic mass is 32.2. The topological polar surface area (TPSA) is 69.6 Å². The van der Waals surface area contributed by atoms with Crippen LogP contribution in [-0.4, -0.2) is 55.5 Å². The second kappa shape index (κ2) is 4.60. The molecular formula is C10H20N2O3S. The zero-order chi connectivity index (χ0) is 11.8. The van der Waals surface area contributed by atoms with Gasteiger partial charge in [-0.3, -0.25) is 4.90 Å². The monoisotopic (exact) mass is 248 g/mol. The van der Waals surface area contributed by atoms with Crippen LogP contribution in [0, 0.1) is 0 Å². The van der Waals surface area contributed by atoms with E-state index in [4.69, 9.17) is 5.11 Å². The van der Waals surface area contributed by atoms with Crippen molar-refractivity contribution >= 4 is 10.0 Å². The number of nitrogens with zero attached hydrogens (tertiary/aromatic N) is 1. The molecule has 2 aliphatic rings. The van der Waals surface area contributed by atoms with Crippen molar-refractivity contribution in [2.45, 2.75) is 43.5 Å². The first-order chi connectivity index (χ1) is 7.53. The van der Waals surface area contributed by atoms with Crippen LogP contribution in [0.15, 0.2) is 0 Å². The Morgan fingerprint density at radius 1 is 1.44 bits per heavy atom. The fraction of sp³-hybridized carbons (Fsp3) is 1.00. The Bertz CT molecular complexity index is 340. The van der Waals surface area contributed by atoms with Gasteiger partial charge in [-0.25, -0.2) is 13.1 Å². The second-order valence-electron chi connectivity index (χ2n) is 4.87. The maximum Gasteiger partial charge on any atom is 0.216 e. The van der Waals surface area contributed by atoms with E-state index >= 15 is 0 Å². The summed E-state index contributed by atoms with van der Waals surface area (Å²) in [5.41, 5.74) is 0. The van der Waals surface area contributed by atoms with Gasteiger partial charge in [-0.05, 0) is 26.2 Å². The number of aliphatic hydroxyl groups excluding tert-OH is 1. The molecule has 0 aromatic heterocycles. The van der Waals surface area contributed by atoms with Crippen LogP contribution < -0.4 is 4.72 Å². The molecule has 1 aliphatic carbocycles. The SMILES string of the molecule is CC(CO)S(=O)(=O)NC1CCN(C2CC2)C1. The molecule has 1 saturated heterocycles. The third-order valence-electron chi connectivity index (χ3n) is 3.40. The molecule has 2 atom stereocenters. The summed E-state index contributed by atoms with van der Waals surface area (Å²) in [6, 6.07) is 0.726. The summed E-state index contributed by atoms with van der Waals surface area (Å²) in [6.45, 7) is 3.01. The zero-order valence-corrected chi connectivity index (χ0v) is 10.4. The predicted molar refractivity (Wildman–Crippen MR) is 61.6 cm³/mol. The minimum atomic E-state index is -3.35. The maximum absolute atomic E-state index is 11.7. The van der Waals surface area contributed by atoms with E-state index in [1.54, 1.807) is 0 Å². The molecular weight excluding hydrogens is 228 g/mol. The van der Waals surface area contributed by atoms with Gasteiger partial charge in [0.1, 0.15) is 0 Å². The highest BCUT2D eigenvalue weighted by Crippen LogP contribution is 2.29. The largest absolute Gasteiger partial charge is 0.395 e. The minimum absolute atomic E-state index is 0.0274. The van der Waals surface area contributed by atoms with Gasteiger partial charge in [0.2, 0.25) is 10.0 Å². The van der Waals surface area contributed by atoms with Crippen LogP contribution in [0.1, 0.15) is 26.2 Å². The molecule has 1 saturated carbocycles. The van der Waals surface area contributed by atoms with E-state index in [9.17, 15) is 8.42 Å². The molecule has 1 heterocycles. The van der Waals surface area contributed by atoms with Gasteiger partial charge in [0.25, 0.3) is 0 Å². The van der Waals surface area contributed by atoms with Crippen molar-refractivity contribution in [3.8, 4) is 0 Å². The summed E-state index contributed by atoms with van der Waals surface area (Å²) in [5.74, 6) is 0. The fourth-order valence-electron chi connectivity index (χ4n) is 2.10.